The first kappa shape index (κ1) is 11.0. The van der Waals surface area contributed by atoms with Crippen LogP contribution in [-0.2, 0) is 6.54 Å². The van der Waals surface area contributed by atoms with Gasteiger partial charge in [0.2, 0.25) is 0 Å². The highest BCUT2D eigenvalue weighted by Gasteiger charge is 2.40. The van der Waals surface area contributed by atoms with Gasteiger partial charge >= 0.3 is 0 Å². The van der Waals surface area contributed by atoms with Crippen LogP contribution in [0.2, 0.25) is 0 Å². The average Bonchev–Trinajstić information content (AvgIpc) is 2.92. The number of imidazole rings is 1. The van der Waals surface area contributed by atoms with Crippen molar-refractivity contribution >= 4 is 11.6 Å². The summed E-state index contributed by atoms with van der Waals surface area (Å²) < 4.78 is 2.16. The first-order valence-corrected chi connectivity index (χ1v) is 6.04. The van der Waals surface area contributed by atoms with Crippen molar-refractivity contribution in [3.05, 3.63) is 18.2 Å². The highest BCUT2D eigenvalue weighted by atomic mass is 35.5. The number of hydrogen-bond donors (Lipinski definition) is 1. The van der Waals surface area contributed by atoms with E-state index < -0.39 is 0 Å². The molecule has 1 aromatic heterocycles. The number of rotatable bonds is 6. The molecule has 1 aromatic rings. The van der Waals surface area contributed by atoms with E-state index in [4.69, 9.17) is 11.6 Å². The minimum Gasteiger partial charge on any atom is -0.334 e. The number of aromatic nitrogens is 2. The van der Waals surface area contributed by atoms with Gasteiger partial charge in [0.25, 0.3) is 0 Å². The first-order valence-electron chi connectivity index (χ1n) is 5.50. The predicted octanol–water partition coefficient (Wildman–Crippen LogP) is 1.80. The summed E-state index contributed by atoms with van der Waals surface area (Å²) in [5.74, 6) is 1.87. The monoisotopic (exact) mass is 227 g/mol. The molecule has 0 radical (unpaired) electrons. The van der Waals surface area contributed by atoms with E-state index in [1.54, 1.807) is 0 Å². The van der Waals surface area contributed by atoms with E-state index in [1.165, 1.54) is 12.8 Å². The predicted molar refractivity (Wildman–Crippen MR) is 62.2 cm³/mol. The molecule has 1 aliphatic carbocycles. The Labute approximate surface area is 95.8 Å². The number of alkyl halides is 1. The number of nitrogens with one attached hydrogen (secondary N) is 1. The van der Waals surface area contributed by atoms with Crippen LogP contribution in [0.3, 0.4) is 0 Å². The van der Waals surface area contributed by atoms with Crippen molar-refractivity contribution in [2.45, 2.75) is 26.3 Å². The summed E-state index contributed by atoms with van der Waals surface area (Å²) in [7, 11) is 0. The fourth-order valence-electron chi connectivity index (χ4n) is 1.73. The molecule has 1 fully saturated rings. The van der Waals surface area contributed by atoms with Gasteiger partial charge in [-0.05, 0) is 25.2 Å². The quantitative estimate of drug-likeness (QED) is 0.593. The molecule has 15 heavy (non-hydrogen) atoms. The van der Waals surface area contributed by atoms with Crippen LogP contribution < -0.4 is 5.32 Å². The van der Waals surface area contributed by atoms with Crippen LogP contribution in [0.15, 0.2) is 12.4 Å². The Hall–Kier alpha value is -0.540. The van der Waals surface area contributed by atoms with Gasteiger partial charge in [-0.2, -0.15) is 0 Å². The van der Waals surface area contributed by atoms with Gasteiger partial charge in [0.1, 0.15) is 5.82 Å². The van der Waals surface area contributed by atoms with Crippen molar-refractivity contribution in [1.29, 1.82) is 0 Å². The minimum atomic E-state index is 0.422. The topological polar surface area (TPSA) is 29.9 Å². The van der Waals surface area contributed by atoms with Crippen molar-refractivity contribution in [1.82, 2.24) is 14.9 Å². The maximum Gasteiger partial charge on any atom is 0.105 e. The van der Waals surface area contributed by atoms with Gasteiger partial charge in [0.05, 0.1) is 0 Å². The highest BCUT2D eigenvalue weighted by Crippen LogP contribution is 2.45. The zero-order valence-corrected chi connectivity index (χ0v) is 9.93. The van der Waals surface area contributed by atoms with Crippen LogP contribution in [0, 0.1) is 12.3 Å². The van der Waals surface area contributed by atoms with E-state index in [-0.39, 0.29) is 0 Å². The molecule has 1 N–H and O–H groups in total. The van der Waals surface area contributed by atoms with Crippen LogP contribution in [0.1, 0.15) is 18.7 Å². The largest absolute Gasteiger partial charge is 0.334 e. The maximum atomic E-state index is 5.90. The number of aryl methyl sites for hydroxylation is 1. The zero-order chi connectivity index (χ0) is 10.7. The van der Waals surface area contributed by atoms with E-state index >= 15 is 0 Å². The Bertz CT molecular complexity index is 317. The summed E-state index contributed by atoms with van der Waals surface area (Å²) in [5.41, 5.74) is 0.422. The van der Waals surface area contributed by atoms with Gasteiger partial charge in [-0.3, -0.25) is 0 Å². The van der Waals surface area contributed by atoms with Crippen molar-refractivity contribution in [2.75, 3.05) is 19.0 Å². The van der Waals surface area contributed by atoms with Crippen molar-refractivity contribution in [3.63, 3.8) is 0 Å². The van der Waals surface area contributed by atoms with Gasteiger partial charge < -0.3 is 9.88 Å². The Morgan fingerprint density at radius 1 is 1.60 bits per heavy atom. The van der Waals surface area contributed by atoms with E-state index in [0.717, 1.165) is 31.3 Å². The molecular weight excluding hydrogens is 210 g/mol. The molecule has 84 valence electrons. The first-order chi connectivity index (χ1) is 7.26. The van der Waals surface area contributed by atoms with E-state index in [1.807, 2.05) is 19.3 Å². The lowest BCUT2D eigenvalue weighted by atomic mass is 10.1. The van der Waals surface area contributed by atoms with Gasteiger partial charge in [0.15, 0.2) is 0 Å². The van der Waals surface area contributed by atoms with Crippen LogP contribution in [0.5, 0.6) is 0 Å². The molecule has 2 rings (SSSR count). The molecule has 0 saturated heterocycles. The molecule has 1 saturated carbocycles. The molecular formula is C11H18ClN3. The molecule has 0 bridgehead atoms. The Kier molecular flexibility index (Phi) is 3.32. The Balaban J connectivity index is 1.65. The Morgan fingerprint density at radius 3 is 2.93 bits per heavy atom. The fourth-order valence-corrected chi connectivity index (χ4v) is 2.09. The van der Waals surface area contributed by atoms with Gasteiger partial charge in [-0.25, -0.2) is 4.98 Å². The number of halogens is 1. The van der Waals surface area contributed by atoms with E-state index in [2.05, 4.69) is 14.9 Å². The third-order valence-electron chi connectivity index (χ3n) is 3.19. The summed E-state index contributed by atoms with van der Waals surface area (Å²) in [5, 5.41) is 3.47. The van der Waals surface area contributed by atoms with Crippen LogP contribution in [0.4, 0.5) is 0 Å². The van der Waals surface area contributed by atoms with Crippen LogP contribution >= 0.6 is 11.6 Å². The Morgan fingerprint density at radius 2 is 2.40 bits per heavy atom. The molecule has 1 heterocycles. The normalized spacial score (nSPS) is 18.0. The van der Waals surface area contributed by atoms with Gasteiger partial charge in [-0.1, -0.05) is 0 Å². The lowest BCUT2D eigenvalue weighted by Crippen LogP contribution is -2.28. The molecule has 4 heteroatoms. The summed E-state index contributed by atoms with van der Waals surface area (Å²) in [6.45, 7) is 5.07. The van der Waals surface area contributed by atoms with Crippen molar-refractivity contribution < 1.29 is 0 Å². The van der Waals surface area contributed by atoms with E-state index in [9.17, 15) is 0 Å². The summed E-state index contributed by atoms with van der Waals surface area (Å²) in [6.07, 6.45) is 6.43. The second kappa shape index (κ2) is 4.54. The van der Waals surface area contributed by atoms with Crippen molar-refractivity contribution in [2.24, 2.45) is 5.41 Å². The molecule has 0 unspecified atom stereocenters. The maximum absolute atomic E-state index is 5.90. The van der Waals surface area contributed by atoms with Gasteiger partial charge in [-0.15, -0.1) is 11.6 Å². The third-order valence-corrected chi connectivity index (χ3v) is 3.76. The lowest BCUT2D eigenvalue weighted by Gasteiger charge is -2.12. The molecule has 0 aliphatic heterocycles. The number of hydrogen-bond acceptors (Lipinski definition) is 2. The highest BCUT2D eigenvalue weighted by molar-refractivity contribution is 6.18. The number of nitrogens with zero attached hydrogens (tertiary/aromatic N) is 2. The zero-order valence-electron chi connectivity index (χ0n) is 9.17. The minimum absolute atomic E-state index is 0.422. The summed E-state index contributed by atoms with van der Waals surface area (Å²) >= 11 is 5.90. The SMILES string of the molecule is Cc1nccn1CCNCC1(CCl)CC1. The average molecular weight is 228 g/mol. The molecule has 0 spiro atoms. The van der Waals surface area contributed by atoms with Gasteiger partial charge in [0, 0.05) is 37.9 Å². The van der Waals surface area contributed by atoms with E-state index in [0.29, 0.717) is 5.41 Å². The second-order valence-electron chi connectivity index (χ2n) is 4.48. The summed E-state index contributed by atoms with van der Waals surface area (Å²) in [4.78, 5) is 4.19. The van der Waals surface area contributed by atoms with Crippen LogP contribution in [-0.4, -0.2) is 28.5 Å². The molecule has 0 aromatic carbocycles. The molecule has 0 atom stereocenters. The van der Waals surface area contributed by atoms with Crippen LogP contribution in [0.25, 0.3) is 0 Å². The second-order valence-corrected chi connectivity index (χ2v) is 4.75. The summed E-state index contributed by atoms with van der Waals surface area (Å²) in [6, 6.07) is 0. The molecule has 1 aliphatic rings. The van der Waals surface area contributed by atoms with Crippen molar-refractivity contribution in [3.8, 4) is 0 Å². The lowest BCUT2D eigenvalue weighted by molar-refractivity contribution is 0.485. The standard InChI is InChI=1S/C11H18ClN3/c1-10-14-5-7-15(10)6-4-13-9-11(8-12)2-3-11/h5,7,13H,2-4,6,8-9H2,1H3. The third kappa shape index (κ3) is 2.73. The smallest absolute Gasteiger partial charge is 0.105 e. The molecule has 0 amide bonds. The molecule has 3 nitrogen and oxygen atoms in total. The fraction of sp³-hybridized carbons (Fsp3) is 0.727.